The van der Waals surface area contributed by atoms with Crippen molar-refractivity contribution < 1.29 is 33.7 Å². The van der Waals surface area contributed by atoms with Gasteiger partial charge in [0.2, 0.25) is 0 Å². The van der Waals surface area contributed by atoms with Crippen molar-refractivity contribution in [2.24, 2.45) is 0 Å². The topological polar surface area (TPSA) is 99.1 Å². The van der Waals surface area contributed by atoms with Gasteiger partial charge in [0.15, 0.2) is 0 Å². The van der Waals surface area contributed by atoms with E-state index in [4.69, 9.17) is 14.2 Å². The van der Waals surface area contributed by atoms with E-state index in [0.29, 0.717) is 55.4 Å². The highest BCUT2D eigenvalue weighted by atomic mass is 16.5. The van der Waals surface area contributed by atoms with E-state index in [1.165, 1.54) is 0 Å². The average Bonchev–Trinajstić information content (AvgIpc) is 2.91. The summed E-state index contributed by atoms with van der Waals surface area (Å²) in [6.45, 7) is 1.79. The standard InChI is InChI=1S/C32H32O7/c1-19-9-8-12-21(33)11-5-3-4-10-20-17-27-30(31(35)29(20)32(36)38-19)25(18-28(34)39-27)23-15-16-26(37-2)24-14-7-6-13-22(23)24/h4,6-7,10,13-17,19,25,35H,3,5,8-9,11-12,18H2,1-2H3/t19-,25?/m0/s1. The molecule has 39 heavy (non-hydrogen) atoms. The van der Waals surface area contributed by atoms with Crippen LogP contribution in [0.5, 0.6) is 17.2 Å². The Morgan fingerprint density at radius 2 is 1.77 bits per heavy atom. The summed E-state index contributed by atoms with van der Waals surface area (Å²) in [5.74, 6) is -0.748. The number of phenolic OH excluding ortho intramolecular Hbond substituents is 1. The van der Waals surface area contributed by atoms with Gasteiger partial charge in [-0.25, -0.2) is 4.79 Å². The number of allylic oxidation sites excluding steroid dienone is 1. The maximum absolute atomic E-state index is 13.5. The van der Waals surface area contributed by atoms with Crippen LogP contribution >= 0.6 is 0 Å². The zero-order chi connectivity index (χ0) is 27.5. The van der Waals surface area contributed by atoms with Crippen LogP contribution in [-0.2, 0) is 14.3 Å². The second-order valence-electron chi connectivity index (χ2n) is 10.2. The first-order chi connectivity index (χ1) is 18.9. The molecule has 2 aliphatic rings. The van der Waals surface area contributed by atoms with Crippen molar-refractivity contribution in [2.75, 3.05) is 7.11 Å². The molecule has 0 saturated carbocycles. The van der Waals surface area contributed by atoms with Gasteiger partial charge >= 0.3 is 11.9 Å². The summed E-state index contributed by atoms with van der Waals surface area (Å²) < 4.78 is 16.9. The Bertz CT molecular complexity index is 1470. The molecule has 2 heterocycles. The molecule has 0 aliphatic carbocycles. The number of ether oxygens (including phenoxy) is 3. The van der Waals surface area contributed by atoms with E-state index in [0.717, 1.165) is 16.3 Å². The maximum atomic E-state index is 13.5. The quantitative estimate of drug-likeness (QED) is 0.300. The zero-order valence-electron chi connectivity index (χ0n) is 22.2. The second kappa shape index (κ2) is 11.3. The van der Waals surface area contributed by atoms with E-state index in [2.05, 4.69) is 0 Å². The molecule has 202 valence electrons. The van der Waals surface area contributed by atoms with Crippen molar-refractivity contribution in [2.45, 2.75) is 63.9 Å². The van der Waals surface area contributed by atoms with Crippen LogP contribution in [0.1, 0.15) is 84.8 Å². The minimum absolute atomic E-state index is 0.00495. The number of methoxy groups -OCH3 is 1. The summed E-state index contributed by atoms with van der Waals surface area (Å²) in [4.78, 5) is 38.3. The van der Waals surface area contributed by atoms with Gasteiger partial charge in [-0.3, -0.25) is 9.59 Å². The van der Waals surface area contributed by atoms with Crippen LogP contribution in [-0.4, -0.2) is 36.0 Å². The molecule has 7 nitrogen and oxygen atoms in total. The molecule has 0 aromatic heterocycles. The van der Waals surface area contributed by atoms with E-state index in [1.54, 1.807) is 26.2 Å². The monoisotopic (exact) mass is 528 g/mol. The fraction of sp³-hybridized carbons (Fsp3) is 0.344. The molecule has 0 amide bonds. The molecule has 0 fully saturated rings. The predicted molar refractivity (Wildman–Crippen MR) is 147 cm³/mol. The van der Waals surface area contributed by atoms with Gasteiger partial charge in [-0.05, 0) is 61.3 Å². The lowest BCUT2D eigenvalue weighted by Gasteiger charge is -2.28. The summed E-state index contributed by atoms with van der Waals surface area (Å²) in [6.07, 6.45) is 6.63. The summed E-state index contributed by atoms with van der Waals surface area (Å²) in [5, 5.41) is 13.4. The third kappa shape index (κ3) is 5.39. The van der Waals surface area contributed by atoms with Crippen molar-refractivity contribution in [1.29, 1.82) is 0 Å². The molecule has 0 bridgehead atoms. The van der Waals surface area contributed by atoms with E-state index < -0.39 is 24.0 Å². The highest BCUT2D eigenvalue weighted by molar-refractivity contribution is 5.99. The molecule has 1 unspecified atom stereocenters. The van der Waals surface area contributed by atoms with Crippen LogP contribution in [0.15, 0.2) is 48.5 Å². The van der Waals surface area contributed by atoms with Crippen molar-refractivity contribution in [3.8, 4) is 17.2 Å². The van der Waals surface area contributed by atoms with Crippen LogP contribution in [0.3, 0.4) is 0 Å². The normalized spacial score (nSPS) is 20.4. The molecular formula is C32H32O7. The van der Waals surface area contributed by atoms with Crippen molar-refractivity contribution in [3.63, 3.8) is 0 Å². The third-order valence-corrected chi connectivity index (χ3v) is 7.49. The van der Waals surface area contributed by atoms with Gasteiger partial charge in [-0.2, -0.15) is 0 Å². The molecule has 7 heteroatoms. The second-order valence-corrected chi connectivity index (χ2v) is 10.2. The number of hydrogen-bond acceptors (Lipinski definition) is 7. The fourth-order valence-electron chi connectivity index (χ4n) is 5.56. The van der Waals surface area contributed by atoms with E-state index in [1.807, 2.05) is 42.5 Å². The summed E-state index contributed by atoms with van der Waals surface area (Å²) in [5.41, 5.74) is 1.65. The van der Waals surface area contributed by atoms with Gasteiger partial charge in [0.1, 0.15) is 28.6 Å². The van der Waals surface area contributed by atoms with Crippen LogP contribution in [0.2, 0.25) is 0 Å². The number of benzene rings is 3. The Morgan fingerprint density at radius 3 is 2.56 bits per heavy atom. The molecule has 2 atom stereocenters. The Morgan fingerprint density at radius 1 is 1.00 bits per heavy atom. The highest BCUT2D eigenvalue weighted by Crippen LogP contribution is 2.49. The first kappa shape index (κ1) is 26.5. The molecular weight excluding hydrogens is 496 g/mol. The van der Waals surface area contributed by atoms with Gasteiger partial charge < -0.3 is 19.3 Å². The van der Waals surface area contributed by atoms with Gasteiger partial charge in [0.05, 0.1) is 19.6 Å². The lowest BCUT2D eigenvalue weighted by Crippen LogP contribution is -2.23. The van der Waals surface area contributed by atoms with Gasteiger partial charge in [0.25, 0.3) is 0 Å². The number of cyclic esters (lactones) is 1. The first-order valence-corrected chi connectivity index (χ1v) is 13.4. The summed E-state index contributed by atoms with van der Waals surface area (Å²) in [6, 6.07) is 13.1. The number of fused-ring (bicyclic) bond motifs is 3. The lowest BCUT2D eigenvalue weighted by atomic mass is 9.81. The van der Waals surface area contributed by atoms with Crippen LogP contribution in [0.4, 0.5) is 0 Å². The fourth-order valence-corrected chi connectivity index (χ4v) is 5.56. The zero-order valence-corrected chi connectivity index (χ0v) is 22.2. The molecule has 0 radical (unpaired) electrons. The maximum Gasteiger partial charge on any atom is 0.342 e. The number of carbonyl (C=O) groups excluding carboxylic acids is 3. The number of phenols is 1. The molecule has 3 aromatic carbocycles. The van der Waals surface area contributed by atoms with E-state index in [9.17, 15) is 19.5 Å². The highest BCUT2D eigenvalue weighted by Gasteiger charge is 2.36. The van der Waals surface area contributed by atoms with Crippen molar-refractivity contribution in [3.05, 3.63) is 70.8 Å². The Labute approximate surface area is 227 Å². The number of esters is 2. The number of rotatable bonds is 2. The minimum atomic E-state index is -0.652. The smallest absolute Gasteiger partial charge is 0.342 e. The Kier molecular flexibility index (Phi) is 7.68. The largest absolute Gasteiger partial charge is 0.507 e. The molecule has 0 saturated heterocycles. The van der Waals surface area contributed by atoms with E-state index in [-0.39, 0.29) is 29.3 Å². The number of ketones is 1. The van der Waals surface area contributed by atoms with Gasteiger partial charge in [-0.1, -0.05) is 42.5 Å². The third-order valence-electron chi connectivity index (χ3n) is 7.49. The molecule has 3 aromatic rings. The molecule has 5 rings (SSSR count). The minimum Gasteiger partial charge on any atom is -0.507 e. The molecule has 1 N–H and O–H groups in total. The number of aromatic hydroxyl groups is 1. The van der Waals surface area contributed by atoms with E-state index >= 15 is 0 Å². The number of hydrogen-bond donors (Lipinski definition) is 1. The van der Waals surface area contributed by atoms with Crippen LogP contribution in [0.25, 0.3) is 16.8 Å². The van der Waals surface area contributed by atoms with Gasteiger partial charge in [0, 0.05) is 29.7 Å². The van der Waals surface area contributed by atoms with Crippen LogP contribution < -0.4 is 9.47 Å². The summed E-state index contributed by atoms with van der Waals surface area (Å²) in [7, 11) is 1.61. The number of carbonyl (C=O) groups is 3. The van der Waals surface area contributed by atoms with Crippen LogP contribution in [0, 0.1) is 0 Å². The first-order valence-electron chi connectivity index (χ1n) is 13.4. The lowest BCUT2D eigenvalue weighted by molar-refractivity contribution is -0.135. The Balaban J connectivity index is 1.66. The number of Topliss-reactive ketones (excluding diaryl/α,β-unsaturated/α-hetero) is 1. The average molecular weight is 529 g/mol. The molecule has 0 spiro atoms. The Hall–Kier alpha value is -4.13. The SMILES string of the molecule is COc1ccc(C2CC(=O)Oc3cc4c(c(O)c32)C(=O)O[C@@H](C)CCCC(=O)CCCC=C4)c2ccccc12. The van der Waals surface area contributed by atoms with Crippen molar-refractivity contribution >= 4 is 34.6 Å². The van der Waals surface area contributed by atoms with Crippen molar-refractivity contribution in [1.82, 2.24) is 0 Å². The molecule has 2 aliphatic heterocycles. The van der Waals surface area contributed by atoms with Gasteiger partial charge in [-0.15, -0.1) is 0 Å². The summed E-state index contributed by atoms with van der Waals surface area (Å²) >= 11 is 0. The predicted octanol–water partition coefficient (Wildman–Crippen LogP) is 6.48.